The van der Waals surface area contributed by atoms with Crippen molar-refractivity contribution in [2.24, 2.45) is 11.8 Å². The van der Waals surface area contributed by atoms with Crippen molar-refractivity contribution in [3.05, 3.63) is 164 Å². The summed E-state index contributed by atoms with van der Waals surface area (Å²) in [5.41, 5.74) is 9.99. The predicted octanol–water partition coefficient (Wildman–Crippen LogP) is 10.5. The molecular weight excluding hydrogens is 771 g/mol. The second-order valence-electron chi connectivity index (χ2n) is 17.4. The molecule has 3 saturated heterocycles. The molecule has 3 aliphatic heterocycles. The fourth-order valence-corrected chi connectivity index (χ4v) is 12.6. The predicted molar refractivity (Wildman–Crippen MR) is 249 cm³/mol. The van der Waals surface area contributed by atoms with Crippen molar-refractivity contribution in [1.82, 2.24) is 19.4 Å². The second-order valence-corrected chi connectivity index (χ2v) is 19.4. The molecule has 8 heteroatoms. The van der Waals surface area contributed by atoms with Crippen molar-refractivity contribution in [2.75, 3.05) is 38.1 Å². The van der Waals surface area contributed by atoms with Crippen LogP contribution in [-0.2, 0) is 9.84 Å². The highest BCUT2D eigenvalue weighted by atomic mass is 32.2. The molecule has 3 aliphatic rings. The summed E-state index contributed by atoms with van der Waals surface area (Å²) in [6.45, 7) is 4.33. The Labute approximate surface area is 356 Å². The molecule has 7 nitrogen and oxygen atoms in total. The van der Waals surface area contributed by atoms with Crippen LogP contribution >= 0.6 is 0 Å². The highest BCUT2D eigenvalue weighted by Gasteiger charge is 2.50. The molecule has 0 bridgehead atoms. The van der Waals surface area contributed by atoms with Crippen molar-refractivity contribution in [3.63, 3.8) is 0 Å². The molecule has 1 N–H and O–H groups in total. The molecule has 2 aromatic heterocycles. The van der Waals surface area contributed by atoms with Crippen LogP contribution in [0, 0.1) is 11.8 Å². The Balaban J connectivity index is 0.853. The van der Waals surface area contributed by atoms with E-state index in [9.17, 15) is 8.42 Å². The molecule has 5 heterocycles. The van der Waals surface area contributed by atoms with E-state index in [0.29, 0.717) is 33.7 Å². The van der Waals surface area contributed by atoms with Gasteiger partial charge >= 0.3 is 0 Å². The summed E-state index contributed by atoms with van der Waals surface area (Å²) in [6, 6.07) is 57.3. The normalized spacial score (nSPS) is 20.8. The van der Waals surface area contributed by atoms with E-state index in [0.717, 1.165) is 78.2 Å². The van der Waals surface area contributed by atoms with Crippen molar-refractivity contribution < 1.29 is 8.42 Å². The van der Waals surface area contributed by atoms with Gasteiger partial charge in [0.15, 0.2) is 0 Å². The van der Waals surface area contributed by atoms with Gasteiger partial charge in [0.25, 0.3) is 0 Å². The Bertz CT molecular complexity index is 3230. The van der Waals surface area contributed by atoms with Gasteiger partial charge in [-0.15, -0.1) is 0 Å². The van der Waals surface area contributed by atoms with Crippen LogP contribution in [0.5, 0.6) is 0 Å². The summed E-state index contributed by atoms with van der Waals surface area (Å²) in [4.78, 5) is 5.76. The number of fused-ring (bicyclic) bond motifs is 9. The van der Waals surface area contributed by atoms with Crippen LogP contribution in [0.1, 0.15) is 12.8 Å². The Morgan fingerprint density at radius 1 is 0.508 bits per heavy atom. The van der Waals surface area contributed by atoms with Gasteiger partial charge in [0, 0.05) is 63.8 Å². The zero-order valence-corrected chi connectivity index (χ0v) is 35.0. The van der Waals surface area contributed by atoms with Crippen molar-refractivity contribution in [2.45, 2.75) is 34.7 Å². The standard InChI is InChI=1S/C53H47N5O2S/c1-55-30-28-51-47(34-55)46-33-54-29-27-50(46)56(51)39-21-25-41(26-22-39)61(59,60)40-23-17-36(18-24-40)35-15-19-38(20-16-35)58-49-14-8-6-12-43(49)45-31-44-42-11-5-7-13-48(42)57(52(44)32-53(45)58)37-9-3-2-4-10-37/h2-26,31-32,46-47,50-51,54H,27-30,33-34H2,1H3. The quantitative estimate of drug-likeness (QED) is 0.181. The summed E-state index contributed by atoms with van der Waals surface area (Å²) in [5, 5.41) is 8.54. The maximum absolute atomic E-state index is 14.0. The number of anilines is 1. The third kappa shape index (κ3) is 5.80. The molecule has 9 aromatic rings. The van der Waals surface area contributed by atoms with Crippen molar-refractivity contribution >= 4 is 59.1 Å². The summed E-state index contributed by atoms with van der Waals surface area (Å²) < 4.78 is 32.7. The van der Waals surface area contributed by atoms with Crippen LogP contribution in [0.25, 0.3) is 66.1 Å². The van der Waals surface area contributed by atoms with E-state index >= 15 is 0 Å². The molecule has 0 radical (unpaired) electrons. The third-order valence-corrected chi connectivity index (χ3v) is 15.9. The first-order valence-electron chi connectivity index (χ1n) is 21.7. The zero-order chi connectivity index (χ0) is 40.8. The first kappa shape index (κ1) is 36.6. The van der Waals surface area contributed by atoms with Crippen LogP contribution in [-0.4, -0.2) is 67.8 Å². The maximum atomic E-state index is 14.0. The number of nitrogens with zero attached hydrogens (tertiary/aromatic N) is 4. The number of sulfone groups is 1. The smallest absolute Gasteiger partial charge is 0.206 e. The second kappa shape index (κ2) is 14.2. The van der Waals surface area contributed by atoms with Crippen LogP contribution in [0.2, 0.25) is 0 Å². The fraction of sp³-hybridized carbons (Fsp3) is 0.208. The number of hydrogen-bond acceptors (Lipinski definition) is 5. The first-order chi connectivity index (χ1) is 29.9. The molecule has 302 valence electrons. The SMILES string of the molecule is CN1CCC2C(C1)C1CNCCC1N2c1ccc(S(=O)(=O)c2ccc(-c3ccc(-n4c5ccccc5c5cc6c7ccccc7n(-c7ccccc7)c6cc54)cc3)cc2)cc1. The highest BCUT2D eigenvalue weighted by molar-refractivity contribution is 7.91. The number of aromatic nitrogens is 2. The van der Waals surface area contributed by atoms with Gasteiger partial charge in [-0.25, -0.2) is 8.42 Å². The number of benzene rings is 7. The Kier molecular flexibility index (Phi) is 8.53. The lowest BCUT2D eigenvalue weighted by Gasteiger charge is -2.38. The lowest BCUT2D eigenvalue weighted by molar-refractivity contribution is 0.162. The number of hydrogen-bond donors (Lipinski definition) is 1. The minimum atomic E-state index is -3.70. The minimum absolute atomic E-state index is 0.306. The Morgan fingerprint density at radius 3 is 1.67 bits per heavy atom. The van der Waals surface area contributed by atoms with E-state index < -0.39 is 9.84 Å². The zero-order valence-electron chi connectivity index (χ0n) is 34.2. The monoisotopic (exact) mass is 817 g/mol. The van der Waals surface area contributed by atoms with E-state index in [-0.39, 0.29) is 0 Å². The van der Waals surface area contributed by atoms with Crippen molar-refractivity contribution in [3.8, 4) is 22.5 Å². The molecule has 12 rings (SSSR count). The molecule has 4 atom stereocenters. The molecule has 0 spiro atoms. The van der Waals surface area contributed by atoms with E-state index in [4.69, 9.17) is 0 Å². The maximum Gasteiger partial charge on any atom is 0.206 e. The topological polar surface area (TPSA) is 62.5 Å². The van der Waals surface area contributed by atoms with Gasteiger partial charge in [0.2, 0.25) is 9.84 Å². The van der Waals surface area contributed by atoms with Gasteiger partial charge in [-0.3, -0.25) is 0 Å². The third-order valence-electron chi connectivity index (χ3n) is 14.1. The number of rotatable bonds is 6. The molecular formula is C53H47N5O2S. The minimum Gasteiger partial charge on any atom is -0.365 e. The van der Waals surface area contributed by atoms with Gasteiger partial charge in [0.05, 0.1) is 31.9 Å². The van der Waals surface area contributed by atoms with Crippen molar-refractivity contribution in [1.29, 1.82) is 0 Å². The Hall–Kier alpha value is -6.19. The van der Waals surface area contributed by atoms with Gasteiger partial charge in [-0.2, -0.15) is 0 Å². The van der Waals surface area contributed by atoms with Crippen LogP contribution in [0.4, 0.5) is 5.69 Å². The molecule has 0 aliphatic carbocycles. The lowest BCUT2D eigenvalue weighted by atomic mass is 9.81. The van der Waals surface area contributed by atoms with Gasteiger partial charge < -0.3 is 24.3 Å². The summed E-state index contributed by atoms with van der Waals surface area (Å²) >= 11 is 0. The van der Waals surface area contributed by atoms with Crippen LogP contribution < -0.4 is 10.2 Å². The molecule has 0 saturated carbocycles. The van der Waals surface area contributed by atoms with Gasteiger partial charge in [0.1, 0.15) is 0 Å². The fourth-order valence-electron chi connectivity index (χ4n) is 11.3. The number of para-hydroxylation sites is 3. The molecule has 7 aromatic carbocycles. The van der Waals surface area contributed by atoms with Gasteiger partial charge in [-0.05, 0) is 141 Å². The molecule has 0 amide bonds. The average molecular weight is 818 g/mol. The van der Waals surface area contributed by atoms with E-state index in [2.05, 4.69) is 147 Å². The highest BCUT2D eigenvalue weighted by Crippen LogP contribution is 2.45. The number of nitrogens with one attached hydrogen (secondary N) is 1. The van der Waals surface area contributed by atoms with Gasteiger partial charge in [-0.1, -0.05) is 78.9 Å². The first-order valence-corrected chi connectivity index (χ1v) is 23.2. The molecule has 61 heavy (non-hydrogen) atoms. The summed E-state index contributed by atoms with van der Waals surface area (Å²) in [5.74, 6) is 1.26. The number of likely N-dealkylation sites (tertiary alicyclic amines) is 1. The van der Waals surface area contributed by atoms with E-state index in [1.165, 1.54) is 32.6 Å². The number of piperidine rings is 2. The lowest BCUT2D eigenvalue weighted by Crippen LogP contribution is -2.46. The largest absolute Gasteiger partial charge is 0.365 e. The Morgan fingerprint density at radius 2 is 1.03 bits per heavy atom. The average Bonchev–Trinajstić information content (AvgIpc) is 3.93. The van der Waals surface area contributed by atoms with Crippen LogP contribution in [0.15, 0.2) is 174 Å². The summed E-state index contributed by atoms with van der Waals surface area (Å²) in [6.07, 6.45) is 2.27. The van der Waals surface area contributed by atoms with E-state index in [1.807, 2.05) is 36.4 Å². The summed E-state index contributed by atoms with van der Waals surface area (Å²) in [7, 11) is -1.46. The van der Waals surface area contributed by atoms with Crippen LogP contribution in [0.3, 0.4) is 0 Å². The molecule has 3 fully saturated rings. The molecule has 4 unspecified atom stereocenters. The van der Waals surface area contributed by atoms with E-state index in [1.54, 1.807) is 12.1 Å².